The first-order valence-electron chi connectivity index (χ1n) is 8.98. The fourth-order valence-electron chi connectivity index (χ4n) is 3.20. The smallest absolute Gasteiger partial charge is 0.374 e. The Morgan fingerprint density at radius 1 is 0.516 bits per heavy atom. The summed E-state index contributed by atoms with van der Waals surface area (Å²) in [7, 11) is 0. The van der Waals surface area contributed by atoms with Crippen LogP contribution in [-0.2, 0) is 28.1 Å². The Hall–Kier alpha value is -3.61. The number of hydrogen-bond acceptors (Lipinski definition) is 5. The van der Waals surface area contributed by atoms with Crippen LogP contribution in [0.3, 0.4) is 0 Å². The molecule has 0 atom stereocenters. The van der Waals surface area contributed by atoms with Crippen molar-refractivity contribution in [1.29, 1.82) is 0 Å². The number of aliphatic carboxylic acids is 1. The van der Waals surface area contributed by atoms with Crippen LogP contribution in [0.2, 0.25) is 0 Å². The summed E-state index contributed by atoms with van der Waals surface area (Å²) in [4.78, 5) is 65.2. The summed E-state index contributed by atoms with van der Waals surface area (Å²) in [6.07, 6.45) is 0. The Bertz CT molecular complexity index is 999. The molecule has 1 radical (unpaired) electrons. The van der Waals surface area contributed by atoms with E-state index >= 15 is 0 Å². The van der Waals surface area contributed by atoms with E-state index in [1.54, 1.807) is 18.2 Å². The van der Waals surface area contributed by atoms with Gasteiger partial charge in [0.05, 0.1) is 0 Å². The van der Waals surface area contributed by atoms with Gasteiger partial charge in [0.15, 0.2) is 17.3 Å². The van der Waals surface area contributed by atoms with Crippen LogP contribution in [0, 0.1) is 5.41 Å². The minimum atomic E-state index is -3.09. The molecule has 1 N–H and O–H groups in total. The maximum atomic E-state index is 13.5. The molecule has 0 aliphatic carbocycles. The van der Waals surface area contributed by atoms with E-state index in [9.17, 15) is 29.1 Å². The molecule has 153 valence electrons. The fraction of sp³-hybridized carbons (Fsp3) is 0.0417. The Balaban J connectivity index is 0.00000341. The van der Waals surface area contributed by atoms with Crippen LogP contribution in [0.15, 0.2) is 91.0 Å². The molecule has 3 aromatic rings. The van der Waals surface area contributed by atoms with Gasteiger partial charge in [-0.05, 0) is 0 Å². The van der Waals surface area contributed by atoms with Gasteiger partial charge in [0.2, 0.25) is 5.41 Å². The van der Waals surface area contributed by atoms with Crippen LogP contribution in [-0.4, -0.2) is 34.2 Å². The first-order valence-corrected chi connectivity index (χ1v) is 8.98. The second-order valence-electron chi connectivity index (χ2n) is 6.47. The van der Waals surface area contributed by atoms with E-state index in [0.29, 0.717) is 0 Å². The molecule has 0 bridgehead atoms. The van der Waals surface area contributed by atoms with E-state index in [4.69, 9.17) is 0 Å². The van der Waals surface area contributed by atoms with Gasteiger partial charge in [-0.2, -0.15) is 0 Å². The number of carbonyl (C=O) groups excluding carboxylic acids is 4. The van der Waals surface area contributed by atoms with Crippen molar-refractivity contribution >= 4 is 29.1 Å². The third-order valence-corrected chi connectivity index (χ3v) is 4.66. The first kappa shape index (κ1) is 23.7. The molecule has 3 aromatic carbocycles. The van der Waals surface area contributed by atoms with Crippen molar-refractivity contribution in [2.75, 3.05) is 0 Å². The third-order valence-electron chi connectivity index (χ3n) is 4.66. The molecular formula is C24H16O6V. The minimum absolute atomic E-state index is 0. The quantitative estimate of drug-likeness (QED) is 0.320. The summed E-state index contributed by atoms with van der Waals surface area (Å²) in [5.41, 5.74) is -3.46. The van der Waals surface area contributed by atoms with Gasteiger partial charge in [0.1, 0.15) is 0 Å². The predicted molar refractivity (Wildman–Crippen MR) is 107 cm³/mol. The molecule has 0 spiro atoms. The van der Waals surface area contributed by atoms with Crippen molar-refractivity contribution in [3.05, 3.63) is 108 Å². The van der Waals surface area contributed by atoms with E-state index in [0.717, 1.165) is 0 Å². The second-order valence-corrected chi connectivity index (χ2v) is 6.47. The summed E-state index contributed by atoms with van der Waals surface area (Å²) in [6, 6.07) is 21.7. The normalized spacial score (nSPS) is 10.5. The van der Waals surface area contributed by atoms with Crippen molar-refractivity contribution in [3.8, 4) is 0 Å². The number of Topliss-reactive ketones (excluding diaryl/α,β-unsaturated/α-hetero) is 4. The van der Waals surface area contributed by atoms with Gasteiger partial charge in [-0.3, -0.25) is 19.2 Å². The Morgan fingerprint density at radius 3 is 1.00 bits per heavy atom. The summed E-state index contributed by atoms with van der Waals surface area (Å²) in [5.74, 6) is -7.39. The molecule has 0 amide bonds. The largest absolute Gasteiger partial charge is 0.475 e. The molecule has 6 nitrogen and oxygen atoms in total. The summed E-state index contributed by atoms with van der Waals surface area (Å²) < 4.78 is 0. The molecule has 7 heteroatoms. The van der Waals surface area contributed by atoms with Crippen LogP contribution >= 0.6 is 0 Å². The number of benzene rings is 3. The van der Waals surface area contributed by atoms with Gasteiger partial charge in [0.25, 0.3) is 5.78 Å². The zero-order chi connectivity index (χ0) is 21.7. The number of rotatable bonds is 8. The number of carboxylic acid groups (broad SMARTS) is 1. The Labute approximate surface area is 189 Å². The average Bonchev–Trinajstić information content (AvgIpc) is 2.80. The van der Waals surface area contributed by atoms with Gasteiger partial charge in [-0.15, -0.1) is 0 Å². The van der Waals surface area contributed by atoms with Gasteiger partial charge in [-0.1, -0.05) is 91.0 Å². The molecule has 0 unspecified atom stereocenters. The molecule has 0 fully saturated rings. The predicted octanol–water partition coefficient (Wildman–Crippen LogP) is 3.27. The summed E-state index contributed by atoms with van der Waals surface area (Å²) in [5, 5.41) is 9.50. The Morgan fingerprint density at radius 2 is 0.774 bits per heavy atom. The van der Waals surface area contributed by atoms with Crippen LogP contribution in [0.25, 0.3) is 0 Å². The van der Waals surface area contributed by atoms with E-state index in [-0.39, 0.29) is 35.2 Å². The van der Waals surface area contributed by atoms with Crippen molar-refractivity contribution in [1.82, 2.24) is 0 Å². The van der Waals surface area contributed by atoms with Crippen LogP contribution < -0.4 is 0 Å². The van der Waals surface area contributed by atoms with E-state index in [2.05, 4.69) is 0 Å². The standard InChI is InChI=1S/C24H16O6.V/c25-19(16-10-4-1-5-11-16)24(22(28)23(29)30,20(26)17-12-6-2-7-13-17)21(27)18-14-8-3-9-15-18;/h1-15H,(H,29,30);. The van der Waals surface area contributed by atoms with E-state index < -0.39 is 34.5 Å². The number of ketones is 4. The number of hydrogen-bond donors (Lipinski definition) is 1. The van der Waals surface area contributed by atoms with Crippen LogP contribution in [0.4, 0.5) is 0 Å². The molecule has 0 saturated heterocycles. The number of carbonyl (C=O) groups is 5. The van der Waals surface area contributed by atoms with Crippen molar-refractivity contribution in [2.24, 2.45) is 5.41 Å². The molecular weight excluding hydrogens is 435 g/mol. The van der Waals surface area contributed by atoms with Crippen LogP contribution in [0.1, 0.15) is 31.1 Å². The van der Waals surface area contributed by atoms with Crippen molar-refractivity contribution in [3.63, 3.8) is 0 Å². The van der Waals surface area contributed by atoms with Crippen molar-refractivity contribution < 1.29 is 47.6 Å². The maximum Gasteiger partial charge on any atom is 0.374 e. The average molecular weight is 451 g/mol. The topological polar surface area (TPSA) is 106 Å². The van der Waals surface area contributed by atoms with Gasteiger partial charge >= 0.3 is 5.97 Å². The number of carboxylic acids is 1. The van der Waals surface area contributed by atoms with E-state index in [1.165, 1.54) is 72.8 Å². The van der Waals surface area contributed by atoms with Crippen molar-refractivity contribution in [2.45, 2.75) is 0 Å². The molecule has 31 heavy (non-hydrogen) atoms. The SMILES string of the molecule is O=C(O)C(=O)C(C(=O)c1ccccc1)(C(=O)c1ccccc1)C(=O)c1ccccc1.[V]. The van der Waals surface area contributed by atoms with Gasteiger partial charge < -0.3 is 5.11 Å². The van der Waals surface area contributed by atoms with E-state index in [1.807, 2.05) is 0 Å². The fourth-order valence-corrected chi connectivity index (χ4v) is 3.20. The van der Waals surface area contributed by atoms with Gasteiger partial charge in [0, 0.05) is 35.2 Å². The summed E-state index contributed by atoms with van der Waals surface area (Å²) in [6.45, 7) is 0. The molecule has 0 aliphatic heterocycles. The molecule has 0 heterocycles. The second kappa shape index (κ2) is 9.93. The van der Waals surface area contributed by atoms with Crippen LogP contribution in [0.5, 0.6) is 0 Å². The first-order chi connectivity index (χ1) is 14.4. The monoisotopic (exact) mass is 451 g/mol. The molecule has 3 rings (SSSR count). The zero-order valence-corrected chi connectivity index (χ0v) is 17.5. The summed E-state index contributed by atoms with van der Waals surface area (Å²) >= 11 is 0. The van der Waals surface area contributed by atoms with Gasteiger partial charge in [-0.25, -0.2) is 4.79 Å². The molecule has 0 aliphatic rings. The third kappa shape index (κ3) is 4.31. The molecule has 0 aromatic heterocycles. The zero-order valence-electron chi connectivity index (χ0n) is 16.1. The minimum Gasteiger partial charge on any atom is -0.475 e. The Kier molecular flexibility index (Phi) is 7.59. The maximum absolute atomic E-state index is 13.5. The molecule has 0 saturated carbocycles.